The summed E-state index contributed by atoms with van der Waals surface area (Å²) < 4.78 is 64.8. The number of nitrogens with zero attached hydrogens (tertiary/aromatic N) is 2. The second kappa shape index (κ2) is 6.84. The van der Waals surface area contributed by atoms with Gasteiger partial charge in [-0.3, -0.25) is 4.79 Å². The number of alkyl halides is 3. The fourth-order valence-corrected chi connectivity index (χ4v) is 3.29. The van der Waals surface area contributed by atoms with E-state index in [0.29, 0.717) is 6.07 Å². The van der Waals surface area contributed by atoms with Crippen LogP contribution in [0.4, 0.5) is 13.2 Å². The number of sulfone groups is 1. The molecule has 1 aromatic heterocycles. The van der Waals surface area contributed by atoms with Crippen molar-refractivity contribution in [3.05, 3.63) is 41.7 Å². The van der Waals surface area contributed by atoms with Crippen molar-refractivity contribution in [3.63, 3.8) is 0 Å². The summed E-state index contributed by atoms with van der Waals surface area (Å²) >= 11 is 0. The van der Waals surface area contributed by atoms with Crippen LogP contribution in [-0.4, -0.2) is 29.8 Å². The summed E-state index contributed by atoms with van der Waals surface area (Å²) in [5.41, 5.74) is -1.35. The number of benzene rings is 1. The predicted octanol–water partition coefficient (Wildman–Crippen LogP) is 2.92. The van der Waals surface area contributed by atoms with Gasteiger partial charge < -0.3 is 9.67 Å². The normalized spacial score (nSPS) is 12.0. The lowest BCUT2D eigenvalue weighted by Gasteiger charge is -2.12. The van der Waals surface area contributed by atoms with Gasteiger partial charge in [0, 0.05) is 18.0 Å². The minimum Gasteiger partial charge on any atom is -0.480 e. The smallest absolute Gasteiger partial charge is 0.416 e. The van der Waals surface area contributed by atoms with Crippen LogP contribution in [0.25, 0.3) is 11.1 Å². The number of aromatic nitrogens is 1. The molecular formula is C16H13F3N2O4S. The number of carboxylic acids is 1. The summed E-state index contributed by atoms with van der Waals surface area (Å²) in [4.78, 5) is 10.3. The summed E-state index contributed by atoms with van der Waals surface area (Å²) in [6.07, 6.45) is -2.41. The number of hydrogen-bond acceptors (Lipinski definition) is 4. The molecule has 0 aliphatic heterocycles. The van der Waals surface area contributed by atoms with E-state index in [9.17, 15) is 31.6 Å². The summed E-state index contributed by atoms with van der Waals surface area (Å²) in [5.74, 6) is -1.59. The number of hydrogen-bond donors (Lipinski definition) is 1. The first kappa shape index (κ1) is 19.5. The zero-order valence-corrected chi connectivity index (χ0v) is 14.2. The van der Waals surface area contributed by atoms with E-state index in [1.807, 2.05) is 0 Å². The van der Waals surface area contributed by atoms with E-state index in [4.69, 9.17) is 5.11 Å². The molecule has 2 aromatic rings. The van der Waals surface area contributed by atoms with Gasteiger partial charge in [0.1, 0.15) is 12.6 Å². The van der Waals surface area contributed by atoms with Crippen molar-refractivity contribution in [2.45, 2.75) is 24.5 Å². The van der Waals surface area contributed by atoms with Gasteiger partial charge in [0.05, 0.1) is 21.8 Å². The molecule has 0 saturated heterocycles. The molecule has 0 radical (unpaired) electrons. The van der Waals surface area contributed by atoms with Gasteiger partial charge in [0.2, 0.25) is 0 Å². The first-order valence-corrected chi connectivity index (χ1v) is 8.90. The highest BCUT2D eigenvalue weighted by Crippen LogP contribution is 2.36. The Morgan fingerprint density at radius 1 is 1.27 bits per heavy atom. The van der Waals surface area contributed by atoms with Crippen LogP contribution in [0.2, 0.25) is 0 Å². The molecule has 0 atom stereocenters. The second-order valence-corrected chi connectivity index (χ2v) is 7.69. The summed E-state index contributed by atoms with van der Waals surface area (Å²) in [6.45, 7) is 0.813. The quantitative estimate of drug-likeness (QED) is 0.852. The number of halogens is 3. The van der Waals surface area contributed by atoms with Crippen LogP contribution in [-0.2, 0) is 27.4 Å². The molecular weight excluding hydrogens is 373 g/mol. The van der Waals surface area contributed by atoms with E-state index in [2.05, 4.69) is 0 Å². The Hall–Kier alpha value is -2.80. The molecule has 0 aliphatic rings. The molecule has 0 bridgehead atoms. The van der Waals surface area contributed by atoms with Gasteiger partial charge in [0.25, 0.3) is 0 Å². The maximum Gasteiger partial charge on any atom is 0.416 e. The van der Waals surface area contributed by atoms with Crippen molar-refractivity contribution < 1.29 is 31.5 Å². The van der Waals surface area contributed by atoms with Crippen molar-refractivity contribution in [1.82, 2.24) is 4.57 Å². The van der Waals surface area contributed by atoms with E-state index in [1.165, 1.54) is 19.3 Å². The topological polar surface area (TPSA) is 100 Å². The zero-order valence-electron chi connectivity index (χ0n) is 13.4. The van der Waals surface area contributed by atoms with E-state index in [0.717, 1.165) is 16.7 Å². The van der Waals surface area contributed by atoms with Crippen LogP contribution < -0.4 is 0 Å². The van der Waals surface area contributed by atoms with Crippen molar-refractivity contribution in [2.75, 3.05) is 5.75 Å². The van der Waals surface area contributed by atoms with Crippen molar-refractivity contribution in [3.8, 4) is 17.2 Å². The lowest BCUT2D eigenvalue weighted by Crippen LogP contribution is -2.10. The lowest BCUT2D eigenvalue weighted by molar-refractivity contribution is -0.138. The fraction of sp³-hybridized carbons (Fsp3) is 0.250. The zero-order chi connectivity index (χ0) is 19.7. The maximum absolute atomic E-state index is 13.2. The molecule has 0 saturated carbocycles. The van der Waals surface area contributed by atoms with Crippen molar-refractivity contribution in [1.29, 1.82) is 5.26 Å². The first-order valence-electron chi connectivity index (χ1n) is 7.25. The van der Waals surface area contributed by atoms with Gasteiger partial charge in [-0.15, -0.1) is 0 Å². The first-order chi connectivity index (χ1) is 12.0. The Morgan fingerprint density at radius 3 is 2.42 bits per heavy atom. The molecule has 0 unspecified atom stereocenters. The Labute approximate surface area is 147 Å². The molecule has 0 aliphatic carbocycles. The summed E-state index contributed by atoms with van der Waals surface area (Å²) in [6, 6.07) is 4.10. The Balaban J connectivity index is 2.74. The van der Waals surface area contributed by atoms with Crippen molar-refractivity contribution >= 4 is 15.8 Å². The number of rotatable bonds is 5. The number of aliphatic carboxylic acids is 1. The number of carboxylic acid groups (broad SMARTS) is 1. The molecule has 1 N–H and O–H groups in total. The largest absolute Gasteiger partial charge is 0.480 e. The minimum absolute atomic E-state index is 0.0207. The van der Waals surface area contributed by atoms with E-state index in [-0.39, 0.29) is 22.4 Å². The molecule has 138 valence electrons. The molecule has 1 heterocycles. The third-order valence-electron chi connectivity index (χ3n) is 3.60. The van der Waals surface area contributed by atoms with Crippen LogP contribution in [0, 0.1) is 11.3 Å². The Morgan fingerprint density at radius 2 is 1.92 bits per heavy atom. The van der Waals surface area contributed by atoms with E-state index >= 15 is 0 Å². The van der Waals surface area contributed by atoms with Gasteiger partial charge in [-0.1, -0.05) is 6.92 Å². The molecule has 26 heavy (non-hydrogen) atoms. The standard InChI is InChI=1S/C16H13F3N2O4S/c1-2-26(24,25)13-4-10(3-12(5-13)16(17,18)19)14-8-21(9-15(22)23)7-11(14)6-20/h3-5,7-8H,2,9H2,1H3,(H,22,23). The third-order valence-corrected chi connectivity index (χ3v) is 5.32. The highest BCUT2D eigenvalue weighted by molar-refractivity contribution is 7.91. The molecule has 0 fully saturated rings. The van der Waals surface area contributed by atoms with Crippen LogP contribution in [0.5, 0.6) is 0 Å². The Bertz CT molecular complexity index is 1000. The van der Waals surface area contributed by atoms with Gasteiger partial charge in [0.15, 0.2) is 9.84 Å². The number of nitriles is 1. The maximum atomic E-state index is 13.2. The van der Waals surface area contributed by atoms with Crippen LogP contribution in [0.1, 0.15) is 18.1 Å². The van der Waals surface area contributed by atoms with Crippen LogP contribution in [0.3, 0.4) is 0 Å². The Kier molecular flexibility index (Phi) is 5.13. The highest BCUT2D eigenvalue weighted by atomic mass is 32.2. The van der Waals surface area contributed by atoms with Gasteiger partial charge in [-0.05, 0) is 23.8 Å². The molecule has 0 amide bonds. The fourth-order valence-electron chi connectivity index (χ4n) is 2.34. The average Bonchev–Trinajstić information content (AvgIpc) is 2.95. The van der Waals surface area contributed by atoms with Crippen molar-refractivity contribution in [2.24, 2.45) is 0 Å². The second-order valence-electron chi connectivity index (χ2n) is 5.41. The summed E-state index contributed by atoms with van der Waals surface area (Å²) in [5, 5.41) is 18.0. The highest BCUT2D eigenvalue weighted by Gasteiger charge is 2.33. The molecule has 1 aromatic carbocycles. The third kappa shape index (κ3) is 4.05. The minimum atomic E-state index is -4.79. The number of carbonyl (C=O) groups is 1. The van der Waals surface area contributed by atoms with Crippen LogP contribution >= 0.6 is 0 Å². The predicted molar refractivity (Wildman–Crippen MR) is 84.9 cm³/mol. The average molecular weight is 386 g/mol. The molecule has 6 nitrogen and oxygen atoms in total. The van der Waals surface area contributed by atoms with Crippen LogP contribution in [0.15, 0.2) is 35.5 Å². The van der Waals surface area contributed by atoms with E-state index in [1.54, 1.807) is 6.07 Å². The summed E-state index contributed by atoms with van der Waals surface area (Å²) in [7, 11) is -3.93. The molecule has 10 heteroatoms. The van der Waals surface area contributed by atoms with Gasteiger partial charge >= 0.3 is 12.1 Å². The van der Waals surface area contributed by atoms with E-state index < -0.39 is 39.0 Å². The molecule has 0 spiro atoms. The lowest BCUT2D eigenvalue weighted by atomic mass is 10.0. The van der Waals surface area contributed by atoms with Gasteiger partial charge in [-0.25, -0.2) is 8.42 Å². The molecule has 2 rings (SSSR count). The monoisotopic (exact) mass is 386 g/mol. The SMILES string of the molecule is CCS(=O)(=O)c1cc(-c2cn(CC(=O)O)cc2C#N)cc(C(F)(F)F)c1. The van der Waals surface area contributed by atoms with Gasteiger partial charge in [-0.2, -0.15) is 18.4 Å².